The van der Waals surface area contributed by atoms with Crippen molar-refractivity contribution in [3.05, 3.63) is 59.7 Å². The second kappa shape index (κ2) is 10.9. The Kier molecular flexibility index (Phi) is 7.73. The zero-order chi connectivity index (χ0) is 24.9. The first-order valence-electron chi connectivity index (χ1n) is 12.5. The number of fused-ring (bicyclic) bond motifs is 3. The van der Waals surface area contributed by atoms with E-state index in [2.05, 4.69) is 29.6 Å². The summed E-state index contributed by atoms with van der Waals surface area (Å²) in [7, 11) is 0. The number of nitrogens with zero attached hydrogens (tertiary/aromatic N) is 1. The number of likely N-dealkylation sites (tertiary alicyclic amines) is 1. The molecular weight excluding hydrogens is 444 g/mol. The molecule has 2 aromatic rings. The van der Waals surface area contributed by atoms with Gasteiger partial charge in [-0.2, -0.15) is 0 Å². The van der Waals surface area contributed by atoms with Crippen molar-refractivity contribution in [3.8, 4) is 11.1 Å². The third-order valence-corrected chi connectivity index (χ3v) is 7.02. The van der Waals surface area contributed by atoms with Crippen LogP contribution in [0.5, 0.6) is 0 Å². The highest BCUT2D eigenvalue weighted by Crippen LogP contribution is 2.44. The minimum absolute atomic E-state index is 0.0254. The van der Waals surface area contributed by atoms with E-state index in [1.54, 1.807) is 4.90 Å². The molecule has 1 unspecified atom stereocenters. The minimum Gasteiger partial charge on any atom is -0.481 e. The average molecular weight is 479 g/mol. The summed E-state index contributed by atoms with van der Waals surface area (Å²) in [6.07, 6.45) is 1.33. The number of carboxylic acid groups (broad SMARTS) is 1. The van der Waals surface area contributed by atoms with E-state index in [9.17, 15) is 19.5 Å². The molecule has 0 aromatic heterocycles. The van der Waals surface area contributed by atoms with Crippen molar-refractivity contribution in [2.45, 2.75) is 39.0 Å². The van der Waals surface area contributed by atoms with Crippen LogP contribution >= 0.6 is 0 Å². The van der Waals surface area contributed by atoms with Crippen molar-refractivity contribution in [1.29, 1.82) is 0 Å². The zero-order valence-electron chi connectivity index (χ0n) is 20.4. The van der Waals surface area contributed by atoms with Gasteiger partial charge < -0.3 is 20.1 Å². The Hall–Kier alpha value is -3.35. The largest absolute Gasteiger partial charge is 0.481 e. The fraction of sp³-hybridized carbons (Fsp3) is 0.464. The molecule has 35 heavy (non-hydrogen) atoms. The first-order valence-corrected chi connectivity index (χ1v) is 12.5. The number of carbonyl (C=O) groups excluding carboxylic acids is 2. The predicted octanol–water partition coefficient (Wildman–Crippen LogP) is 4.51. The standard InChI is InChI=1S/C28H34N2O5/c1-18(2)14-20(26(31)30-13-7-8-19(16-30)27(32)33)15-29-28(34)35-17-25-23-11-5-3-9-21(23)22-10-4-6-12-24(22)25/h3-6,9-12,18-20,25H,7-8,13-17H2,1-2H3,(H,29,34)(H,32,33)/t19-,20?/m1/s1. The highest BCUT2D eigenvalue weighted by molar-refractivity contribution is 5.81. The van der Waals surface area contributed by atoms with E-state index in [4.69, 9.17) is 4.74 Å². The van der Waals surface area contributed by atoms with Gasteiger partial charge in [0.1, 0.15) is 6.61 Å². The van der Waals surface area contributed by atoms with Crippen LogP contribution in [-0.2, 0) is 14.3 Å². The van der Waals surface area contributed by atoms with Gasteiger partial charge in [-0.3, -0.25) is 9.59 Å². The monoisotopic (exact) mass is 478 g/mol. The molecule has 0 radical (unpaired) electrons. The van der Waals surface area contributed by atoms with Crippen LogP contribution in [0.3, 0.4) is 0 Å². The Morgan fingerprint density at radius 3 is 2.29 bits per heavy atom. The molecule has 7 nitrogen and oxygen atoms in total. The van der Waals surface area contributed by atoms with Crippen LogP contribution in [0.25, 0.3) is 11.1 Å². The van der Waals surface area contributed by atoms with Gasteiger partial charge in [-0.05, 0) is 47.4 Å². The smallest absolute Gasteiger partial charge is 0.407 e. The van der Waals surface area contributed by atoms with Crippen molar-refractivity contribution in [3.63, 3.8) is 0 Å². The van der Waals surface area contributed by atoms with Crippen molar-refractivity contribution in [2.24, 2.45) is 17.8 Å². The molecule has 1 fully saturated rings. The number of amides is 2. The maximum Gasteiger partial charge on any atom is 0.407 e. The number of hydrogen-bond acceptors (Lipinski definition) is 4. The Labute approximate surface area is 206 Å². The molecule has 7 heteroatoms. The molecule has 186 valence electrons. The van der Waals surface area contributed by atoms with Crippen LogP contribution in [0.1, 0.15) is 50.2 Å². The summed E-state index contributed by atoms with van der Waals surface area (Å²) in [5, 5.41) is 12.1. The predicted molar refractivity (Wildman–Crippen MR) is 133 cm³/mol. The summed E-state index contributed by atoms with van der Waals surface area (Å²) in [6, 6.07) is 16.3. The normalized spacial score (nSPS) is 18.0. The number of aliphatic carboxylic acids is 1. The van der Waals surface area contributed by atoms with Crippen LogP contribution in [0.2, 0.25) is 0 Å². The Balaban J connectivity index is 1.36. The number of nitrogens with one attached hydrogen (secondary N) is 1. The van der Waals surface area contributed by atoms with Crippen LogP contribution in [0.4, 0.5) is 4.79 Å². The van der Waals surface area contributed by atoms with Gasteiger partial charge in [0.05, 0.1) is 11.8 Å². The minimum atomic E-state index is -0.861. The molecule has 0 bridgehead atoms. The van der Waals surface area contributed by atoms with Crippen molar-refractivity contribution in [1.82, 2.24) is 10.2 Å². The van der Waals surface area contributed by atoms with Crippen molar-refractivity contribution >= 4 is 18.0 Å². The number of benzene rings is 2. The molecule has 1 aliphatic heterocycles. The lowest BCUT2D eigenvalue weighted by Crippen LogP contribution is -2.47. The molecule has 1 aliphatic carbocycles. The van der Waals surface area contributed by atoms with E-state index in [0.717, 1.165) is 11.1 Å². The lowest BCUT2D eigenvalue weighted by atomic mass is 9.92. The SMILES string of the molecule is CC(C)CC(CNC(=O)OCC1c2ccccc2-c2ccccc21)C(=O)N1CCC[C@@H](C(=O)O)C1. The number of piperidine rings is 1. The molecule has 2 amide bonds. The van der Waals surface area contributed by atoms with Crippen LogP contribution in [-0.4, -0.2) is 54.2 Å². The molecule has 2 atom stereocenters. The molecule has 1 heterocycles. The quantitative estimate of drug-likeness (QED) is 0.582. The Morgan fingerprint density at radius 1 is 1.06 bits per heavy atom. The van der Waals surface area contributed by atoms with Crippen molar-refractivity contribution < 1.29 is 24.2 Å². The number of hydrogen-bond donors (Lipinski definition) is 2. The van der Waals surface area contributed by atoms with Gasteiger partial charge in [-0.15, -0.1) is 0 Å². The fourth-order valence-electron chi connectivity index (χ4n) is 5.33. The number of carboxylic acids is 1. The average Bonchev–Trinajstić information content (AvgIpc) is 3.18. The molecule has 2 N–H and O–H groups in total. The van der Waals surface area contributed by atoms with Gasteiger partial charge in [0.15, 0.2) is 0 Å². The number of carbonyl (C=O) groups is 3. The van der Waals surface area contributed by atoms with Gasteiger partial charge in [0, 0.05) is 25.6 Å². The number of rotatable bonds is 8. The van der Waals surface area contributed by atoms with Crippen molar-refractivity contribution in [2.75, 3.05) is 26.2 Å². The number of alkyl carbamates (subject to hydrolysis) is 1. The Bertz CT molecular complexity index is 1040. The maximum absolute atomic E-state index is 13.2. The van der Waals surface area contributed by atoms with E-state index in [-0.39, 0.29) is 37.4 Å². The van der Waals surface area contributed by atoms with Gasteiger partial charge in [-0.25, -0.2) is 4.79 Å². The third-order valence-electron chi connectivity index (χ3n) is 7.02. The second-order valence-corrected chi connectivity index (χ2v) is 9.99. The molecule has 4 rings (SSSR count). The molecule has 1 saturated heterocycles. The van der Waals surface area contributed by atoms with Crippen LogP contribution in [0, 0.1) is 17.8 Å². The van der Waals surface area contributed by atoms with E-state index >= 15 is 0 Å². The first kappa shape index (κ1) is 24.8. The Morgan fingerprint density at radius 2 is 1.69 bits per heavy atom. The highest BCUT2D eigenvalue weighted by Gasteiger charge is 2.33. The maximum atomic E-state index is 13.2. The topological polar surface area (TPSA) is 95.9 Å². The van der Waals surface area contributed by atoms with Gasteiger partial charge in [-0.1, -0.05) is 62.4 Å². The van der Waals surface area contributed by atoms with Gasteiger partial charge in [0.2, 0.25) is 5.91 Å². The summed E-state index contributed by atoms with van der Waals surface area (Å²) in [4.78, 5) is 38.9. The summed E-state index contributed by atoms with van der Waals surface area (Å²) in [5.41, 5.74) is 4.63. The van der Waals surface area contributed by atoms with Gasteiger partial charge in [0.25, 0.3) is 0 Å². The summed E-state index contributed by atoms with van der Waals surface area (Å²) < 4.78 is 5.62. The summed E-state index contributed by atoms with van der Waals surface area (Å²) >= 11 is 0. The first-order chi connectivity index (χ1) is 16.8. The fourth-order valence-corrected chi connectivity index (χ4v) is 5.33. The highest BCUT2D eigenvalue weighted by atomic mass is 16.5. The molecular formula is C28H34N2O5. The third kappa shape index (κ3) is 5.66. The van der Waals surface area contributed by atoms with E-state index in [1.807, 2.05) is 38.1 Å². The molecule has 2 aliphatic rings. The zero-order valence-corrected chi connectivity index (χ0v) is 20.4. The number of ether oxygens (including phenoxy) is 1. The molecule has 0 saturated carbocycles. The summed E-state index contributed by atoms with van der Waals surface area (Å²) in [5.74, 6) is -1.66. The lowest BCUT2D eigenvalue weighted by Gasteiger charge is -2.34. The van der Waals surface area contributed by atoms with E-state index < -0.39 is 23.9 Å². The van der Waals surface area contributed by atoms with E-state index in [0.29, 0.717) is 25.8 Å². The molecule has 2 aromatic carbocycles. The van der Waals surface area contributed by atoms with Crippen LogP contribution in [0.15, 0.2) is 48.5 Å². The van der Waals surface area contributed by atoms with E-state index in [1.165, 1.54) is 11.1 Å². The van der Waals surface area contributed by atoms with Gasteiger partial charge >= 0.3 is 12.1 Å². The van der Waals surface area contributed by atoms with Crippen LogP contribution < -0.4 is 5.32 Å². The summed E-state index contributed by atoms with van der Waals surface area (Å²) in [6.45, 7) is 5.24. The second-order valence-electron chi connectivity index (χ2n) is 9.99. The lowest BCUT2D eigenvalue weighted by molar-refractivity contribution is -0.146. The molecule has 0 spiro atoms.